The maximum Gasteiger partial charge on any atom is 0.120 e. The predicted octanol–water partition coefficient (Wildman–Crippen LogP) is 5.97. The maximum absolute atomic E-state index is 6.01. The van der Waals surface area contributed by atoms with Gasteiger partial charge in [-0.1, -0.05) is 36.4 Å². The van der Waals surface area contributed by atoms with Gasteiger partial charge in [0, 0.05) is 28.0 Å². The number of H-pyrrole nitrogens is 1. The molecule has 0 bridgehead atoms. The standard InChI is InChI=1S/C25H20N2O2/c1-28-19-8-11-23-18(13-19)7-10-25(27-23)22-15-26-24-12-9-20(14-21(22)24)29-16-17-5-3-2-4-6-17/h2-15,26H,16H2,1H3. The molecule has 1 N–H and O–H groups in total. The zero-order chi connectivity index (χ0) is 19.6. The summed E-state index contributed by atoms with van der Waals surface area (Å²) in [6.07, 6.45) is 2.00. The molecule has 2 heterocycles. The molecule has 0 unspecified atom stereocenters. The third-order valence-electron chi connectivity index (χ3n) is 5.07. The van der Waals surface area contributed by atoms with Crippen molar-refractivity contribution in [3.8, 4) is 22.8 Å². The van der Waals surface area contributed by atoms with Crippen LogP contribution < -0.4 is 9.47 Å². The van der Waals surface area contributed by atoms with Gasteiger partial charge >= 0.3 is 0 Å². The number of aromatic amines is 1. The predicted molar refractivity (Wildman–Crippen MR) is 116 cm³/mol. The van der Waals surface area contributed by atoms with Crippen molar-refractivity contribution >= 4 is 21.8 Å². The van der Waals surface area contributed by atoms with E-state index < -0.39 is 0 Å². The van der Waals surface area contributed by atoms with Crippen molar-refractivity contribution in [1.29, 1.82) is 0 Å². The number of aromatic nitrogens is 2. The molecule has 0 aliphatic carbocycles. The summed E-state index contributed by atoms with van der Waals surface area (Å²) in [5, 5.41) is 2.15. The molecule has 5 aromatic rings. The molecule has 2 aromatic heterocycles. The first-order valence-electron chi connectivity index (χ1n) is 9.53. The minimum absolute atomic E-state index is 0.544. The zero-order valence-corrected chi connectivity index (χ0v) is 16.1. The van der Waals surface area contributed by atoms with Gasteiger partial charge in [0.2, 0.25) is 0 Å². The lowest BCUT2D eigenvalue weighted by Gasteiger charge is -2.08. The van der Waals surface area contributed by atoms with Crippen LogP contribution in [0.15, 0.2) is 85.1 Å². The van der Waals surface area contributed by atoms with Crippen LogP contribution >= 0.6 is 0 Å². The van der Waals surface area contributed by atoms with Crippen molar-refractivity contribution in [1.82, 2.24) is 9.97 Å². The van der Waals surface area contributed by atoms with Gasteiger partial charge in [0.05, 0.1) is 18.3 Å². The Morgan fingerprint density at radius 3 is 2.59 bits per heavy atom. The Kier molecular flexibility index (Phi) is 4.37. The van der Waals surface area contributed by atoms with Crippen LogP contribution in [0.4, 0.5) is 0 Å². The Morgan fingerprint density at radius 2 is 1.72 bits per heavy atom. The van der Waals surface area contributed by atoms with E-state index in [0.29, 0.717) is 6.61 Å². The number of rotatable bonds is 5. The summed E-state index contributed by atoms with van der Waals surface area (Å²) in [6.45, 7) is 0.544. The van der Waals surface area contributed by atoms with E-state index in [1.807, 2.05) is 60.8 Å². The average Bonchev–Trinajstić information content (AvgIpc) is 3.21. The first kappa shape index (κ1) is 17.3. The molecule has 0 spiro atoms. The lowest BCUT2D eigenvalue weighted by atomic mass is 10.1. The number of benzene rings is 3. The van der Waals surface area contributed by atoms with Crippen LogP contribution in [0.25, 0.3) is 33.1 Å². The highest BCUT2D eigenvalue weighted by Crippen LogP contribution is 2.32. The number of nitrogens with one attached hydrogen (secondary N) is 1. The minimum Gasteiger partial charge on any atom is -0.497 e. The van der Waals surface area contributed by atoms with E-state index in [4.69, 9.17) is 14.5 Å². The summed E-state index contributed by atoms with van der Waals surface area (Å²) in [6, 6.07) is 26.3. The van der Waals surface area contributed by atoms with Gasteiger partial charge in [-0.05, 0) is 48.0 Å². The van der Waals surface area contributed by atoms with E-state index in [1.165, 1.54) is 0 Å². The third-order valence-corrected chi connectivity index (χ3v) is 5.07. The second-order valence-electron chi connectivity index (χ2n) is 6.94. The van der Waals surface area contributed by atoms with Gasteiger partial charge in [-0.15, -0.1) is 0 Å². The lowest BCUT2D eigenvalue weighted by molar-refractivity contribution is 0.306. The van der Waals surface area contributed by atoms with Crippen molar-refractivity contribution in [3.63, 3.8) is 0 Å². The smallest absolute Gasteiger partial charge is 0.120 e. The lowest BCUT2D eigenvalue weighted by Crippen LogP contribution is -1.94. The van der Waals surface area contributed by atoms with Crippen LogP contribution in [-0.2, 0) is 6.61 Å². The van der Waals surface area contributed by atoms with E-state index in [9.17, 15) is 0 Å². The SMILES string of the molecule is COc1ccc2nc(-c3c[nH]c4ccc(OCc5ccccc5)cc34)ccc2c1. The summed E-state index contributed by atoms with van der Waals surface area (Å²) in [5.74, 6) is 1.67. The summed E-state index contributed by atoms with van der Waals surface area (Å²) < 4.78 is 11.3. The summed E-state index contributed by atoms with van der Waals surface area (Å²) in [7, 11) is 1.67. The average molecular weight is 380 g/mol. The van der Waals surface area contributed by atoms with Crippen molar-refractivity contribution in [2.24, 2.45) is 0 Å². The van der Waals surface area contributed by atoms with Gasteiger partial charge in [0.25, 0.3) is 0 Å². The molecule has 4 heteroatoms. The van der Waals surface area contributed by atoms with Gasteiger partial charge in [-0.25, -0.2) is 4.98 Å². The molecule has 0 aliphatic rings. The van der Waals surface area contributed by atoms with Crippen LogP contribution in [0.1, 0.15) is 5.56 Å². The fourth-order valence-corrected chi connectivity index (χ4v) is 3.52. The summed E-state index contributed by atoms with van der Waals surface area (Å²) >= 11 is 0. The molecule has 0 aliphatic heterocycles. The Labute approximate surface area is 168 Å². The Hall–Kier alpha value is -3.79. The molecular weight excluding hydrogens is 360 g/mol. The normalized spacial score (nSPS) is 11.1. The van der Waals surface area contributed by atoms with Crippen LogP contribution in [0.3, 0.4) is 0 Å². The Bertz CT molecular complexity index is 1290. The molecule has 0 saturated carbocycles. The summed E-state index contributed by atoms with van der Waals surface area (Å²) in [4.78, 5) is 8.19. The van der Waals surface area contributed by atoms with E-state index >= 15 is 0 Å². The van der Waals surface area contributed by atoms with Gasteiger partial charge < -0.3 is 14.5 Å². The van der Waals surface area contributed by atoms with Gasteiger partial charge in [-0.2, -0.15) is 0 Å². The van der Waals surface area contributed by atoms with E-state index in [-0.39, 0.29) is 0 Å². The molecule has 0 radical (unpaired) electrons. The number of hydrogen-bond acceptors (Lipinski definition) is 3. The number of pyridine rings is 1. The number of methoxy groups -OCH3 is 1. The molecule has 0 amide bonds. The van der Waals surface area contributed by atoms with Crippen molar-refractivity contribution in [2.45, 2.75) is 6.61 Å². The third kappa shape index (κ3) is 3.41. The number of nitrogens with zero attached hydrogens (tertiary/aromatic N) is 1. The highest BCUT2D eigenvalue weighted by atomic mass is 16.5. The molecule has 0 saturated heterocycles. The molecule has 0 atom stereocenters. The van der Waals surface area contributed by atoms with Crippen molar-refractivity contribution in [2.75, 3.05) is 7.11 Å². The molecule has 142 valence electrons. The van der Waals surface area contributed by atoms with Crippen molar-refractivity contribution < 1.29 is 9.47 Å². The first-order chi connectivity index (χ1) is 14.3. The molecule has 3 aromatic carbocycles. The summed E-state index contributed by atoms with van der Waals surface area (Å²) in [5.41, 5.74) is 5.13. The van der Waals surface area contributed by atoms with Gasteiger partial charge in [0.1, 0.15) is 18.1 Å². The molecule has 0 fully saturated rings. The second kappa shape index (κ2) is 7.32. The molecule has 5 rings (SSSR count). The molecular formula is C25H20N2O2. The highest BCUT2D eigenvalue weighted by molar-refractivity contribution is 5.96. The minimum atomic E-state index is 0.544. The van der Waals surface area contributed by atoms with Gasteiger partial charge in [0.15, 0.2) is 0 Å². The van der Waals surface area contributed by atoms with E-state index in [0.717, 1.165) is 50.1 Å². The first-order valence-corrected chi connectivity index (χ1v) is 9.53. The molecule has 4 nitrogen and oxygen atoms in total. The zero-order valence-electron chi connectivity index (χ0n) is 16.1. The van der Waals surface area contributed by atoms with E-state index in [1.54, 1.807) is 7.11 Å². The molecule has 29 heavy (non-hydrogen) atoms. The quantitative estimate of drug-likeness (QED) is 0.408. The van der Waals surface area contributed by atoms with Crippen LogP contribution in [0.5, 0.6) is 11.5 Å². The fourth-order valence-electron chi connectivity index (χ4n) is 3.52. The number of hydrogen-bond donors (Lipinski definition) is 1. The van der Waals surface area contributed by atoms with Crippen LogP contribution in [0, 0.1) is 0 Å². The largest absolute Gasteiger partial charge is 0.497 e. The number of ether oxygens (including phenoxy) is 2. The van der Waals surface area contributed by atoms with Crippen molar-refractivity contribution in [3.05, 3.63) is 90.6 Å². The van der Waals surface area contributed by atoms with Crippen LogP contribution in [-0.4, -0.2) is 17.1 Å². The second-order valence-corrected chi connectivity index (χ2v) is 6.94. The topological polar surface area (TPSA) is 47.1 Å². The van der Waals surface area contributed by atoms with Crippen LogP contribution in [0.2, 0.25) is 0 Å². The highest BCUT2D eigenvalue weighted by Gasteiger charge is 2.10. The monoisotopic (exact) mass is 380 g/mol. The van der Waals surface area contributed by atoms with E-state index in [2.05, 4.69) is 29.2 Å². The number of fused-ring (bicyclic) bond motifs is 2. The Morgan fingerprint density at radius 1 is 0.862 bits per heavy atom. The fraction of sp³-hybridized carbons (Fsp3) is 0.0800. The maximum atomic E-state index is 6.01. The van der Waals surface area contributed by atoms with Gasteiger partial charge in [-0.3, -0.25) is 0 Å². The Balaban J connectivity index is 1.49.